The van der Waals surface area contributed by atoms with Gasteiger partial charge in [-0.2, -0.15) is 0 Å². The lowest BCUT2D eigenvalue weighted by Crippen LogP contribution is -2.07. The molecule has 0 saturated heterocycles. The van der Waals surface area contributed by atoms with Gasteiger partial charge in [-0.3, -0.25) is 0 Å². The first-order valence-electron chi connectivity index (χ1n) is 6.67. The average Bonchev–Trinajstić information content (AvgIpc) is 2.89. The van der Waals surface area contributed by atoms with E-state index in [4.69, 9.17) is 0 Å². The summed E-state index contributed by atoms with van der Waals surface area (Å²) >= 11 is 0. The minimum atomic E-state index is -0.572. The molecule has 0 spiro atoms. The Morgan fingerprint density at radius 1 is 1.20 bits per heavy atom. The van der Waals surface area contributed by atoms with Gasteiger partial charge in [0, 0.05) is 30.8 Å². The molecule has 5 heteroatoms. The summed E-state index contributed by atoms with van der Waals surface area (Å²) in [6.45, 7) is 0. The number of hydrogen-bond donors (Lipinski definition) is 1. The number of aryl methyl sites for hydroxylation is 1. The summed E-state index contributed by atoms with van der Waals surface area (Å²) in [4.78, 5) is 8.95. The molecule has 1 aliphatic carbocycles. The standard InChI is InChI=1S/C15H15F2N3/c1-18-15-11-3-2-4-13(11)19-14(20-15)7-9-5-6-10(16)8-12(9)17/h5-6,8H,2-4,7H2,1H3,(H,18,19,20). The van der Waals surface area contributed by atoms with E-state index in [0.717, 1.165) is 42.4 Å². The third-order valence-electron chi connectivity index (χ3n) is 3.58. The SMILES string of the molecule is CNc1nc(Cc2ccc(F)cc2F)nc2c1CCC2. The normalized spacial score (nSPS) is 13.3. The van der Waals surface area contributed by atoms with Crippen LogP contribution >= 0.6 is 0 Å². The van der Waals surface area contributed by atoms with Crippen LogP contribution in [-0.2, 0) is 19.3 Å². The molecule has 3 nitrogen and oxygen atoms in total. The third kappa shape index (κ3) is 2.35. The van der Waals surface area contributed by atoms with Gasteiger partial charge in [0.1, 0.15) is 23.3 Å². The van der Waals surface area contributed by atoms with Crippen LogP contribution in [0.4, 0.5) is 14.6 Å². The van der Waals surface area contributed by atoms with Crippen molar-refractivity contribution in [2.24, 2.45) is 0 Å². The van der Waals surface area contributed by atoms with Gasteiger partial charge in [-0.05, 0) is 30.9 Å². The van der Waals surface area contributed by atoms with Crippen molar-refractivity contribution in [3.63, 3.8) is 0 Å². The summed E-state index contributed by atoms with van der Waals surface area (Å²) in [5, 5.41) is 3.07. The van der Waals surface area contributed by atoms with Gasteiger partial charge in [0.25, 0.3) is 0 Å². The predicted octanol–water partition coefficient (Wildman–Crippen LogP) is 2.88. The van der Waals surface area contributed by atoms with Gasteiger partial charge >= 0.3 is 0 Å². The van der Waals surface area contributed by atoms with Crippen molar-refractivity contribution in [3.05, 3.63) is 52.5 Å². The predicted molar refractivity (Wildman–Crippen MR) is 72.8 cm³/mol. The molecule has 1 heterocycles. The summed E-state index contributed by atoms with van der Waals surface area (Å²) in [6, 6.07) is 3.59. The molecule has 0 radical (unpaired) electrons. The van der Waals surface area contributed by atoms with Crippen molar-refractivity contribution in [2.45, 2.75) is 25.7 Å². The molecule has 1 aromatic carbocycles. The summed E-state index contributed by atoms with van der Waals surface area (Å²) in [5.74, 6) is 0.266. The van der Waals surface area contributed by atoms with Gasteiger partial charge in [-0.15, -0.1) is 0 Å². The highest BCUT2D eigenvalue weighted by atomic mass is 19.1. The van der Waals surface area contributed by atoms with Crippen LogP contribution in [0.2, 0.25) is 0 Å². The number of nitrogens with one attached hydrogen (secondary N) is 1. The Morgan fingerprint density at radius 2 is 2.05 bits per heavy atom. The van der Waals surface area contributed by atoms with Crippen molar-refractivity contribution in [3.8, 4) is 0 Å². The van der Waals surface area contributed by atoms with E-state index in [1.165, 1.54) is 12.1 Å². The minimum Gasteiger partial charge on any atom is -0.373 e. The molecule has 104 valence electrons. The number of anilines is 1. The summed E-state index contributed by atoms with van der Waals surface area (Å²) in [6.07, 6.45) is 3.27. The molecule has 0 bridgehead atoms. The Kier molecular flexibility index (Phi) is 3.34. The van der Waals surface area contributed by atoms with E-state index >= 15 is 0 Å². The van der Waals surface area contributed by atoms with Crippen molar-refractivity contribution in [1.29, 1.82) is 0 Å². The average molecular weight is 275 g/mol. The molecule has 1 aliphatic rings. The molecular formula is C15H15F2N3. The zero-order chi connectivity index (χ0) is 14.1. The van der Waals surface area contributed by atoms with Crippen LogP contribution in [0.1, 0.15) is 29.1 Å². The first kappa shape index (κ1) is 13.0. The largest absolute Gasteiger partial charge is 0.373 e. The topological polar surface area (TPSA) is 37.8 Å². The second-order valence-corrected chi connectivity index (χ2v) is 4.93. The van der Waals surface area contributed by atoms with Gasteiger partial charge in [-0.25, -0.2) is 18.7 Å². The fraction of sp³-hybridized carbons (Fsp3) is 0.333. The highest BCUT2D eigenvalue weighted by Crippen LogP contribution is 2.26. The van der Waals surface area contributed by atoms with Crippen molar-refractivity contribution in [1.82, 2.24) is 9.97 Å². The van der Waals surface area contributed by atoms with Crippen molar-refractivity contribution < 1.29 is 8.78 Å². The lowest BCUT2D eigenvalue weighted by atomic mass is 10.1. The van der Waals surface area contributed by atoms with Crippen molar-refractivity contribution in [2.75, 3.05) is 12.4 Å². The zero-order valence-corrected chi connectivity index (χ0v) is 11.2. The number of halogens is 2. The highest BCUT2D eigenvalue weighted by Gasteiger charge is 2.19. The van der Waals surface area contributed by atoms with Crippen LogP contribution in [0.25, 0.3) is 0 Å². The van der Waals surface area contributed by atoms with E-state index in [-0.39, 0.29) is 6.42 Å². The van der Waals surface area contributed by atoms with Crippen LogP contribution < -0.4 is 5.32 Å². The third-order valence-corrected chi connectivity index (χ3v) is 3.58. The van der Waals surface area contributed by atoms with Crippen LogP contribution in [0.5, 0.6) is 0 Å². The van der Waals surface area contributed by atoms with Gasteiger partial charge < -0.3 is 5.32 Å². The Hall–Kier alpha value is -2.04. The number of rotatable bonds is 3. The quantitative estimate of drug-likeness (QED) is 0.936. The lowest BCUT2D eigenvalue weighted by molar-refractivity contribution is 0.573. The number of nitrogens with zero attached hydrogens (tertiary/aromatic N) is 2. The summed E-state index contributed by atoms with van der Waals surface area (Å²) < 4.78 is 26.6. The van der Waals surface area contributed by atoms with Crippen LogP contribution in [0.15, 0.2) is 18.2 Å². The number of fused-ring (bicyclic) bond motifs is 1. The summed E-state index contributed by atoms with van der Waals surface area (Å²) in [7, 11) is 1.82. The Balaban J connectivity index is 1.95. The van der Waals surface area contributed by atoms with E-state index in [1.807, 2.05) is 7.05 Å². The van der Waals surface area contributed by atoms with Crippen LogP contribution in [0, 0.1) is 11.6 Å². The van der Waals surface area contributed by atoms with Crippen LogP contribution in [-0.4, -0.2) is 17.0 Å². The maximum absolute atomic E-state index is 13.7. The molecule has 0 fully saturated rings. The maximum atomic E-state index is 13.7. The molecule has 1 aromatic heterocycles. The molecular weight excluding hydrogens is 260 g/mol. The van der Waals surface area contributed by atoms with E-state index in [9.17, 15) is 8.78 Å². The highest BCUT2D eigenvalue weighted by molar-refractivity contribution is 5.48. The first-order valence-corrected chi connectivity index (χ1v) is 6.67. The second kappa shape index (κ2) is 5.15. The van der Waals surface area contributed by atoms with Gasteiger partial charge in [0.2, 0.25) is 0 Å². The molecule has 0 atom stereocenters. The van der Waals surface area contributed by atoms with E-state index in [1.54, 1.807) is 0 Å². The number of hydrogen-bond acceptors (Lipinski definition) is 3. The Labute approximate surface area is 116 Å². The van der Waals surface area contributed by atoms with E-state index in [0.29, 0.717) is 11.4 Å². The molecule has 0 unspecified atom stereocenters. The maximum Gasteiger partial charge on any atom is 0.135 e. The van der Waals surface area contributed by atoms with Crippen LogP contribution in [0.3, 0.4) is 0 Å². The molecule has 2 aromatic rings. The monoisotopic (exact) mass is 275 g/mol. The van der Waals surface area contributed by atoms with Crippen molar-refractivity contribution >= 4 is 5.82 Å². The fourth-order valence-corrected chi connectivity index (χ4v) is 2.60. The molecule has 20 heavy (non-hydrogen) atoms. The molecule has 0 amide bonds. The first-order chi connectivity index (χ1) is 9.67. The summed E-state index contributed by atoms with van der Waals surface area (Å²) in [5.41, 5.74) is 2.61. The molecule has 0 saturated carbocycles. The Morgan fingerprint density at radius 3 is 2.80 bits per heavy atom. The Bertz CT molecular complexity index is 656. The van der Waals surface area contributed by atoms with Gasteiger partial charge in [-0.1, -0.05) is 6.07 Å². The molecule has 3 rings (SSSR count). The minimum absolute atomic E-state index is 0.272. The lowest BCUT2D eigenvalue weighted by Gasteiger charge is -2.10. The van der Waals surface area contributed by atoms with Gasteiger partial charge in [0.15, 0.2) is 0 Å². The molecule has 1 N–H and O–H groups in total. The van der Waals surface area contributed by atoms with E-state index in [2.05, 4.69) is 15.3 Å². The van der Waals surface area contributed by atoms with E-state index < -0.39 is 11.6 Å². The zero-order valence-electron chi connectivity index (χ0n) is 11.2. The number of aromatic nitrogens is 2. The smallest absolute Gasteiger partial charge is 0.135 e. The fourth-order valence-electron chi connectivity index (χ4n) is 2.60. The second-order valence-electron chi connectivity index (χ2n) is 4.93. The van der Waals surface area contributed by atoms with Gasteiger partial charge in [0.05, 0.1) is 0 Å². The molecule has 0 aliphatic heterocycles. The number of benzene rings is 1.